The van der Waals surface area contributed by atoms with E-state index in [-0.39, 0.29) is 17.9 Å². The predicted octanol–water partition coefficient (Wildman–Crippen LogP) is 4.45. The molecule has 0 saturated heterocycles. The number of halogens is 2. The Labute approximate surface area is 138 Å². The normalized spacial score (nSPS) is 21.5. The Morgan fingerprint density at radius 1 is 1.32 bits per heavy atom. The number of alkyl carbamates (subject to hydrolysis) is 1. The van der Waals surface area contributed by atoms with Gasteiger partial charge in [-0.25, -0.2) is 9.18 Å². The van der Waals surface area contributed by atoms with Gasteiger partial charge in [0, 0.05) is 16.6 Å². The number of amides is 1. The van der Waals surface area contributed by atoms with Crippen molar-refractivity contribution < 1.29 is 13.9 Å². The van der Waals surface area contributed by atoms with Gasteiger partial charge in [-0.1, -0.05) is 15.9 Å². The number of anilines is 1. The van der Waals surface area contributed by atoms with Gasteiger partial charge in [-0.15, -0.1) is 0 Å². The zero-order chi connectivity index (χ0) is 16.3. The van der Waals surface area contributed by atoms with Gasteiger partial charge in [0.1, 0.15) is 11.4 Å². The lowest BCUT2D eigenvalue weighted by Crippen LogP contribution is -2.38. The molecule has 22 heavy (non-hydrogen) atoms. The van der Waals surface area contributed by atoms with Gasteiger partial charge in [0.15, 0.2) is 0 Å². The molecule has 0 aliphatic heterocycles. The molecule has 1 aromatic rings. The molecule has 122 valence electrons. The maximum atomic E-state index is 13.7. The zero-order valence-corrected chi connectivity index (χ0v) is 14.7. The van der Waals surface area contributed by atoms with Crippen LogP contribution in [-0.4, -0.2) is 23.8 Å². The molecule has 0 heterocycles. The highest BCUT2D eigenvalue weighted by molar-refractivity contribution is 9.10. The van der Waals surface area contributed by atoms with Crippen LogP contribution in [0.1, 0.15) is 40.0 Å². The molecule has 4 nitrogen and oxygen atoms in total. The molecule has 2 unspecified atom stereocenters. The first-order valence-electron chi connectivity index (χ1n) is 7.44. The van der Waals surface area contributed by atoms with Gasteiger partial charge < -0.3 is 15.4 Å². The molecular weight excluding hydrogens is 351 g/mol. The summed E-state index contributed by atoms with van der Waals surface area (Å²) >= 11 is 3.34. The maximum Gasteiger partial charge on any atom is 0.407 e. The lowest BCUT2D eigenvalue weighted by molar-refractivity contribution is 0.0505. The average Bonchev–Trinajstić information content (AvgIpc) is 2.78. The summed E-state index contributed by atoms with van der Waals surface area (Å²) in [6, 6.07) is 5.02. The Morgan fingerprint density at radius 2 is 2.00 bits per heavy atom. The second-order valence-corrected chi connectivity index (χ2v) is 7.54. The number of rotatable bonds is 3. The first kappa shape index (κ1) is 17.1. The fourth-order valence-electron chi connectivity index (χ4n) is 2.55. The van der Waals surface area contributed by atoms with Crippen molar-refractivity contribution in [2.45, 2.75) is 57.7 Å². The molecule has 0 radical (unpaired) electrons. The van der Waals surface area contributed by atoms with E-state index >= 15 is 0 Å². The minimum Gasteiger partial charge on any atom is -0.444 e. The van der Waals surface area contributed by atoms with Crippen molar-refractivity contribution in [2.75, 3.05) is 5.32 Å². The summed E-state index contributed by atoms with van der Waals surface area (Å²) in [5, 5.41) is 6.08. The van der Waals surface area contributed by atoms with Crippen molar-refractivity contribution in [1.82, 2.24) is 5.32 Å². The molecule has 1 aromatic carbocycles. The van der Waals surface area contributed by atoms with Crippen LogP contribution in [0.4, 0.5) is 14.9 Å². The van der Waals surface area contributed by atoms with Crippen molar-refractivity contribution in [3.8, 4) is 0 Å². The van der Waals surface area contributed by atoms with Crippen molar-refractivity contribution in [1.29, 1.82) is 0 Å². The van der Waals surface area contributed by atoms with Gasteiger partial charge in [-0.2, -0.15) is 0 Å². The van der Waals surface area contributed by atoms with Crippen molar-refractivity contribution in [3.63, 3.8) is 0 Å². The fraction of sp³-hybridized carbons (Fsp3) is 0.562. The molecule has 6 heteroatoms. The second-order valence-electron chi connectivity index (χ2n) is 6.62. The minimum atomic E-state index is -0.500. The number of ether oxygens (including phenoxy) is 1. The van der Waals surface area contributed by atoms with E-state index in [9.17, 15) is 9.18 Å². The Bertz CT molecular complexity index is 545. The SMILES string of the molecule is CC(C)(C)OC(=O)NC1CCC(Nc2cc(Br)ccc2F)C1. The van der Waals surface area contributed by atoms with Crippen molar-refractivity contribution in [2.24, 2.45) is 0 Å². The smallest absolute Gasteiger partial charge is 0.407 e. The van der Waals surface area contributed by atoms with Crippen LogP contribution in [0, 0.1) is 5.82 Å². The van der Waals surface area contributed by atoms with Crippen LogP contribution < -0.4 is 10.6 Å². The Kier molecular flexibility index (Phi) is 5.32. The van der Waals surface area contributed by atoms with Crippen LogP contribution in [0.5, 0.6) is 0 Å². The minimum absolute atomic E-state index is 0.0579. The first-order chi connectivity index (χ1) is 10.2. The highest BCUT2D eigenvalue weighted by atomic mass is 79.9. The van der Waals surface area contributed by atoms with Crippen LogP contribution >= 0.6 is 15.9 Å². The van der Waals surface area contributed by atoms with E-state index in [0.29, 0.717) is 5.69 Å². The van der Waals surface area contributed by atoms with E-state index in [1.54, 1.807) is 12.1 Å². The lowest BCUT2D eigenvalue weighted by Gasteiger charge is -2.22. The van der Waals surface area contributed by atoms with E-state index in [4.69, 9.17) is 4.74 Å². The molecule has 0 aromatic heterocycles. The van der Waals surface area contributed by atoms with E-state index in [0.717, 1.165) is 23.7 Å². The third kappa shape index (κ3) is 5.16. The quantitative estimate of drug-likeness (QED) is 0.823. The molecule has 1 aliphatic carbocycles. The highest BCUT2D eigenvalue weighted by Gasteiger charge is 2.28. The van der Waals surface area contributed by atoms with Crippen molar-refractivity contribution in [3.05, 3.63) is 28.5 Å². The van der Waals surface area contributed by atoms with Crippen molar-refractivity contribution >= 4 is 27.7 Å². The van der Waals surface area contributed by atoms with E-state index in [1.807, 2.05) is 20.8 Å². The summed E-state index contributed by atoms with van der Waals surface area (Å²) in [4.78, 5) is 11.8. The predicted molar refractivity (Wildman–Crippen MR) is 88.5 cm³/mol. The van der Waals surface area contributed by atoms with Crippen LogP contribution in [0.2, 0.25) is 0 Å². The standard InChI is InChI=1S/C16H22BrFN2O2/c1-16(2,3)22-15(21)20-12-6-5-11(9-12)19-14-8-10(17)4-7-13(14)18/h4,7-8,11-12,19H,5-6,9H2,1-3H3,(H,20,21). The first-order valence-corrected chi connectivity index (χ1v) is 8.23. The van der Waals surface area contributed by atoms with Crippen LogP contribution in [0.3, 0.4) is 0 Å². The van der Waals surface area contributed by atoms with Gasteiger partial charge >= 0.3 is 6.09 Å². The number of carbonyl (C=O) groups excluding carboxylic acids is 1. The monoisotopic (exact) mass is 372 g/mol. The summed E-state index contributed by atoms with van der Waals surface area (Å²) in [5.41, 5.74) is -0.0166. The molecule has 1 saturated carbocycles. The highest BCUT2D eigenvalue weighted by Crippen LogP contribution is 2.26. The van der Waals surface area contributed by atoms with Crippen LogP contribution in [0.15, 0.2) is 22.7 Å². The Balaban J connectivity index is 1.85. The maximum absolute atomic E-state index is 13.7. The Morgan fingerprint density at radius 3 is 2.68 bits per heavy atom. The van der Waals surface area contributed by atoms with Gasteiger partial charge in [-0.3, -0.25) is 0 Å². The molecule has 1 aliphatic rings. The number of nitrogens with one attached hydrogen (secondary N) is 2. The van der Waals surface area contributed by atoms with E-state index in [2.05, 4.69) is 26.6 Å². The number of benzene rings is 1. The third-order valence-corrected chi connectivity index (χ3v) is 3.93. The fourth-order valence-corrected chi connectivity index (χ4v) is 2.91. The molecular formula is C16H22BrFN2O2. The molecule has 2 rings (SSSR count). The van der Waals surface area contributed by atoms with Crippen LogP contribution in [-0.2, 0) is 4.74 Å². The van der Waals surface area contributed by atoms with Gasteiger partial charge in [0.2, 0.25) is 0 Å². The summed E-state index contributed by atoms with van der Waals surface area (Å²) < 4.78 is 19.8. The molecule has 2 atom stereocenters. The van der Waals surface area contributed by atoms with E-state index < -0.39 is 11.7 Å². The topological polar surface area (TPSA) is 50.4 Å². The average molecular weight is 373 g/mol. The summed E-state index contributed by atoms with van der Waals surface area (Å²) in [6.07, 6.45) is 2.09. The molecule has 0 bridgehead atoms. The lowest BCUT2D eigenvalue weighted by atomic mass is 10.2. The molecule has 2 N–H and O–H groups in total. The second kappa shape index (κ2) is 6.86. The summed E-state index contributed by atoms with van der Waals surface area (Å²) in [7, 11) is 0. The van der Waals surface area contributed by atoms with Gasteiger partial charge in [0.25, 0.3) is 0 Å². The largest absolute Gasteiger partial charge is 0.444 e. The number of hydrogen-bond donors (Lipinski definition) is 2. The summed E-state index contributed by atoms with van der Waals surface area (Å²) in [6.45, 7) is 5.50. The third-order valence-electron chi connectivity index (χ3n) is 3.44. The van der Waals surface area contributed by atoms with Gasteiger partial charge in [-0.05, 0) is 58.2 Å². The summed E-state index contributed by atoms with van der Waals surface area (Å²) in [5.74, 6) is -0.272. The number of carbonyl (C=O) groups is 1. The van der Waals surface area contributed by atoms with E-state index in [1.165, 1.54) is 6.07 Å². The molecule has 0 spiro atoms. The van der Waals surface area contributed by atoms with Crippen LogP contribution in [0.25, 0.3) is 0 Å². The zero-order valence-electron chi connectivity index (χ0n) is 13.1. The number of hydrogen-bond acceptors (Lipinski definition) is 3. The molecule has 1 fully saturated rings. The molecule has 1 amide bonds. The Hall–Kier alpha value is -1.30. The van der Waals surface area contributed by atoms with Gasteiger partial charge in [0.05, 0.1) is 5.69 Å².